The van der Waals surface area contributed by atoms with Crippen LogP contribution >= 0.6 is 10.3 Å². The molecular formula is C13H18O2S. The molecular weight excluding hydrogens is 220 g/mol. The molecule has 1 unspecified atom stereocenters. The average Bonchev–Trinajstić information content (AvgIpc) is 2.28. The summed E-state index contributed by atoms with van der Waals surface area (Å²) >= 11 is 0. The van der Waals surface area contributed by atoms with Gasteiger partial charge >= 0.3 is 0 Å². The first kappa shape index (κ1) is 11.7. The molecule has 3 heteroatoms. The van der Waals surface area contributed by atoms with E-state index in [4.69, 9.17) is 0 Å². The maximum atomic E-state index is 11.4. The maximum Gasteiger partial charge on any atom is 0.143 e. The van der Waals surface area contributed by atoms with Gasteiger partial charge in [0.2, 0.25) is 0 Å². The molecule has 88 valence electrons. The summed E-state index contributed by atoms with van der Waals surface area (Å²) in [7, 11) is -1.64. The Hall–Kier alpha value is -0.800. The molecule has 0 bridgehead atoms. The zero-order valence-electron chi connectivity index (χ0n) is 9.39. The van der Waals surface area contributed by atoms with E-state index in [0.29, 0.717) is 12.2 Å². The number of carbonyl (C=O) groups is 1. The lowest BCUT2D eigenvalue weighted by molar-refractivity contribution is -0.116. The monoisotopic (exact) mass is 238 g/mol. The number of hydrogen-bond acceptors (Lipinski definition) is 2. The van der Waals surface area contributed by atoms with E-state index in [1.54, 1.807) is 0 Å². The van der Waals surface area contributed by atoms with Gasteiger partial charge in [-0.15, -0.1) is 10.3 Å². The van der Waals surface area contributed by atoms with Gasteiger partial charge in [0.1, 0.15) is 5.78 Å². The minimum atomic E-state index is -1.64. The van der Waals surface area contributed by atoms with E-state index in [1.807, 2.05) is 18.2 Å². The smallest absolute Gasteiger partial charge is 0.143 e. The Balaban J connectivity index is 1.91. The molecule has 1 aliphatic rings. The summed E-state index contributed by atoms with van der Waals surface area (Å²) < 4.78 is 10.4. The average molecular weight is 238 g/mol. The number of ketones is 1. The van der Waals surface area contributed by atoms with Crippen molar-refractivity contribution in [3.05, 3.63) is 35.9 Å². The number of Topliss-reactive ketones (excluding diaryl/α,β-unsaturated/α-hetero) is 1. The molecule has 0 radical (unpaired) electrons. The van der Waals surface area contributed by atoms with E-state index in [2.05, 4.69) is 12.1 Å². The van der Waals surface area contributed by atoms with Gasteiger partial charge in [-0.25, -0.2) is 0 Å². The summed E-state index contributed by atoms with van der Waals surface area (Å²) in [5.41, 5.74) is 1.25. The van der Waals surface area contributed by atoms with Crippen molar-refractivity contribution in [1.82, 2.24) is 0 Å². The van der Waals surface area contributed by atoms with Gasteiger partial charge < -0.3 is 4.55 Å². The number of carbonyl (C=O) groups excluding carboxylic acids is 1. The maximum absolute atomic E-state index is 11.4. The topological polar surface area (TPSA) is 37.3 Å². The molecule has 2 nitrogen and oxygen atoms in total. The molecule has 1 N–H and O–H groups in total. The molecule has 1 saturated heterocycles. The fraction of sp³-hybridized carbons (Fsp3) is 0.462. The summed E-state index contributed by atoms with van der Waals surface area (Å²) in [5.74, 6) is 2.31. The lowest BCUT2D eigenvalue weighted by Crippen LogP contribution is -2.25. The lowest BCUT2D eigenvalue weighted by atomic mass is 10.2. The molecule has 0 spiro atoms. The van der Waals surface area contributed by atoms with Crippen LogP contribution in [0, 0.1) is 0 Å². The Labute approximate surface area is 98.2 Å². The van der Waals surface area contributed by atoms with Crippen LogP contribution in [0.1, 0.15) is 18.4 Å². The minimum Gasteiger partial charge on any atom is -0.351 e. The highest BCUT2D eigenvalue weighted by molar-refractivity contribution is 8.29. The van der Waals surface area contributed by atoms with Crippen molar-refractivity contribution in [2.75, 3.05) is 17.3 Å². The summed E-state index contributed by atoms with van der Waals surface area (Å²) in [6.07, 6.45) is 2.43. The van der Waals surface area contributed by atoms with E-state index in [-0.39, 0.29) is 5.78 Å². The second-order valence-electron chi connectivity index (χ2n) is 4.43. The molecule has 2 rings (SSSR count). The Morgan fingerprint density at radius 1 is 1.25 bits per heavy atom. The molecule has 0 saturated carbocycles. The highest BCUT2D eigenvalue weighted by atomic mass is 32.3. The van der Waals surface area contributed by atoms with Crippen molar-refractivity contribution in [1.29, 1.82) is 0 Å². The van der Waals surface area contributed by atoms with Crippen molar-refractivity contribution in [2.24, 2.45) is 0 Å². The summed E-state index contributed by atoms with van der Waals surface area (Å²) in [6, 6.07) is 10.2. The van der Waals surface area contributed by atoms with E-state index < -0.39 is 10.3 Å². The first-order valence-electron chi connectivity index (χ1n) is 5.72. The van der Waals surface area contributed by atoms with Crippen LogP contribution in [0.15, 0.2) is 30.3 Å². The first-order valence-corrected chi connectivity index (χ1v) is 7.82. The number of hydrogen-bond donors (Lipinski definition) is 1. The fourth-order valence-corrected chi connectivity index (χ4v) is 4.64. The van der Waals surface area contributed by atoms with Crippen LogP contribution in [0.2, 0.25) is 0 Å². The molecule has 0 aromatic heterocycles. The minimum absolute atomic E-state index is 0.247. The van der Waals surface area contributed by atoms with Crippen LogP contribution < -0.4 is 0 Å². The Bertz CT molecular complexity index is 363. The molecule has 1 aromatic rings. The van der Waals surface area contributed by atoms with Gasteiger partial charge in [0, 0.05) is 12.2 Å². The van der Waals surface area contributed by atoms with Crippen LogP contribution in [-0.2, 0) is 11.2 Å². The third-order valence-electron chi connectivity index (χ3n) is 3.02. The van der Waals surface area contributed by atoms with Gasteiger partial charge in [0.05, 0.1) is 5.75 Å². The van der Waals surface area contributed by atoms with Crippen molar-refractivity contribution in [3.63, 3.8) is 0 Å². The predicted molar refractivity (Wildman–Crippen MR) is 69.2 cm³/mol. The van der Waals surface area contributed by atoms with E-state index >= 15 is 0 Å². The molecule has 0 amide bonds. The highest BCUT2D eigenvalue weighted by Crippen LogP contribution is 2.47. The predicted octanol–water partition coefficient (Wildman–Crippen LogP) is 2.87. The number of rotatable bonds is 3. The Morgan fingerprint density at radius 3 is 2.69 bits per heavy atom. The third kappa shape index (κ3) is 3.09. The van der Waals surface area contributed by atoms with Crippen molar-refractivity contribution in [2.45, 2.75) is 19.3 Å². The molecule has 1 atom stereocenters. The van der Waals surface area contributed by atoms with Crippen molar-refractivity contribution in [3.8, 4) is 0 Å². The number of aryl methyl sites for hydroxylation is 1. The molecule has 16 heavy (non-hydrogen) atoms. The SMILES string of the molecule is O=C1CCCS(O)(CCc2ccccc2)C1. The first-order chi connectivity index (χ1) is 7.68. The normalized spacial score (nSPS) is 29.7. The van der Waals surface area contributed by atoms with Gasteiger partial charge in [-0.05, 0) is 24.2 Å². The largest absolute Gasteiger partial charge is 0.351 e. The molecule has 1 aliphatic heterocycles. The van der Waals surface area contributed by atoms with E-state index in [1.165, 1.54) is 5.56 Å². The summed E-state index contributed by atoms with van der Waals surface area (Å²) in [5, 5.41) is 0. The van der Waals surface area contributed by atoms with Gasteiger partial charge in [0.25, 0.3) is 0 Å². The zero-order chi connectivity index (χ0) is 11.4. The van der Waals surface area contributed by atoms with Crippen molar-refractivity contribution < 1.29 is 9.35 Å². The fourth-order valence-electron chi connectivity index (χ4n) is 2.11. The standard InChI is InChI=1S/C13H18O2S/c14-13-7-4-9-16(15,11-13)10-8-12-5-2-1-3-6-12/h1-3,5-6,15H,4,7-11H2. The Kier molecular flexibility index (Phi) is 3.66. The second kappa shape index (κ2) is 5.02. The molecule has 0 aliphatic carbocycles. The van der Waals surface area contributed by atoms with E-state index in [0.717, 1.165) is 24.3 Å². The van der Waals surface area contributed by atoms with Gasteiger partial charge in [-0.3, -0.25) is 4.79 Å². The van der Waals surface area contributed by atoms with Crippen LogP contribution in [-0.4, -0.2) is 27.6 Å². The molecule has 1 aromatic carbocycles. The van der Waals surface area contributed by atoms with Crippen LogP contribution in [0.4, 0.5) is 0 Å². The quantitative estimate of drug-likeness (QED) is 0.879. The molecule has 1 heterocycles. The lowest BCUT2D eigenvalue weighted by Gasteiger charge is -2.36. The van der Waals surface area contributed by atoms with Crippen molar-refractivity contribution >= 4 is 16.1 Å². The van der Waals surface area contributed by atoms with Crippen LogP contribution in [0.5, 0.6) is 0 Å². The Morgan fingerprint density at radius 2 is 2.00 bits per heavy atom. The second-order valence-corrected chi connectivity index (χ2v) is 7.53. The summed E-state index contributed by atoms with van der Waals surface area (Å²) in [4.78, 5) is 11.4. The van der Waals surface area contributed by atoms with Crippen LogP contribution in [0.25, 0.3) is 0 Å². The zero-order valence-corrected chi connectivity index (χ0v) is 10.2. The van der Waals surface area contributed by atoms with Gasteiger partial charge in [0.15, 0.2) is 0 Å². The highest BCUT2D eigenvalue weighted by Gasteiger charge is 2.27. The van der Waals surface area contributed by atoms with E-state index in [9.17, 15) is 9.35 Å². The molecule has 1 fully saturated rings. The number of benzene rings is 1. The van der Waals surface area contributed by atoms with Gasteiger partial charge in [-0.1, -0.05) is 30.3 Å². The summed E-state index contributed by atoms with van der Waals surface area (Å²) in [6.45, 7) is 0. The third-order valence-corrected chi connectivity index (χ3v) is 5.90. The van der Waals surface area contributed by atoms with Crippen LogP contribution in [0.3, 0.4) is 0 Å². The van der Waals surface area contributed by atoms with Gasteiger partial charge in [-0.2, -0.15) is 0 Å².